The van der Waals surface area contributed by atoms with E-state index in [9.17, 15) is 0 Å². The normalized spacial score (nSPS) is 10.3. The van der Waals surface area contributed by atoms with Crippen LogP contribution in [0.5, 0.6) is 11.5 Å². The first-order chi connectivity index (χ1) is 10.6. The van der Waals surface area contributed by atoms with E-state index in [0.29, 0.717) is 4.20 Å². The number of para-hydroxylation sites is 1. The number of unbranched alkanes of at least 4 members (excludes halogenated alkanes) is 1. The topological polar surface area (TPSA) is 21.3 Å². The van der Waals surface area contributed by atoms with Crippen molar-refractivity contribution in [2.24, 2.45) is 0 Å². The summed E-state index contributed by atoms with van der Waals surface area (Å²) in [5.41, 5.74) is 2.94. The third-order valence-corrected chi connectivity index (χ3v) is 3.82. The van der Waals surface area contributed by atoms with Crippen molar-refractivity contribution in [3.63, 3.8) is 0 Å². The number of thiocarbonyl (C=S) groups is 1. The van der Waals surface area contributed by atoms with E-state index >= 15 is 0 Å². The van der Waals surface area contributed by atoms with Crippen LogP contribution in [-0.4, -0.2) is 10.7 Å². The molecule has 0 spiro atoms. The second kappa shape index (κ2) is 8.20. The van der Waals surface area contributed by atoms with Crippen LogP contribution in [0.3, 0.4) is 0 Å². The predicted molar refractivity (Wildman–Crippen MR) is 102 cm³/mol. The average Bonchev–Trinajstić information content (AvgIpc) is 2.51. The maximum Gasteiger partial charge on any atom is 0.153 e. The molecule has 0 fully saturated rings. The predicted octanol–water partition coefficient (Wildman–Crippen LogP) is 5.60. The summed E-state index contributed by atoms with van der Waals surface area (Å²) in [6.45, 7) is 5.11. The van der Waals surface area contributed by atoms with Gasteiger partial charge < -0.3 is 10.1 Å². The van der Waals surface area contributed by atoms with E-state index in [2.05, 4.69) is 24.9 Å². The molecule has 0 aliphatic rings. The maximum absolute atomic E-state index is 6.07. The van der Waals surface area contributed by atoms with Gasteiger partial charge in [0.25, 0.3) is 0 Å². The van der Waals surface area contributed by atoms with E-state index in [0.717, 1.165) is 47.7 Å². The fourth-order valence-electron chi connectivity index (χ4n) is 2.17. The maximum atomic E-state index is 6.07. The average molecular weight is 332 g/mol. The lowest BCUT2D eigenvalue weighted by Crippen LogP contribution is -2.05. The quantitative estimate of drug-likeness (QED) is 0.391. The highest BCUT2D eigenvalue weighted by atomic mass is 32.1. The minimum Gasteiger partial charge on any atom is -0.455 e. The zero-order chi connectivity index (χ0) is 15.9. The zero-order valence-electron chi connectivity index (χ0n) is 12.9. The van der Waals surface area contributed by atoms with Gasteiger partial charge >= 0.3 is 0 Å². The van der Waals surface area contributed by atoms with Crippen molar-refractivity contribution in [1.29, 1.82) is 0 Å². The van der Waals surface area contributed by atoms with Gasteiger partial charge in [-0.3, -0.25) is 0 Å². The molecular weight excluding hydrogens is 310 g/mol. The van der Waals surface area contributed by atoms with E-state index in [1.807, 2.05) is 49.4 Å². The second-order valence-corrected chi connectivity index (χ2v) is 6.33. The molecule has 0 amide bonds. The third-order valence-electron chi connectivity index (χ3n) is 3.33. The van der Waals surface area contributed by atoms with Crippen molar-refractivity contribution in [3.05, 3.63) is 53.6 Å². The Morgan fingerprint density at radius 2 is 1.95 bits per heavy atom. The summed E-state index contributed by atoms with van der Waals surface area (Å²) in [5, 5.41) is 3.45. The molecule has 0 atom stereocenters. The molecule has 0 saturated heterocycles. The van der Waals surface area contributed by atoms with Crippen LogP contribution in [0.4, 0.5) is 5.69 Å². The molecule has 2 rings (SSSR count). The van der Waals surface area contributed by atoms with Crippen LogP contribution in [0.2, 0.25) is 0 Å². The Labute approximate surface area is 143 Å². The fourth-order valence-corrected chi connectivity index (χ4v) is 2.42. The molecule has 0 aliphatic heterocycles. The molecule has 116 valence electrons. The standard InChI is InChI=1S/C18H21NOS2/c1-3-4-10-19-16-12-14(18(21)22)11-13(2)17(16)20-15-8-6-5-7-9-15/h5-9,11-12,19H,3-4,10H2,1-2H3,(H,21,22). The first-order valence-electron chi connectivity index (χ1n) is 7.46. The Balaban J connectivity index is 2.34. The van der Waals surface area contributed by atoms with Crippen molar-refractivity contribution < 1.29 is 4.74 Å². The molecule has 0 unspecified atom stereocenters. The highest BCUT2D eigenvalue weighted by Crippen LogP contribution is 2.34. The Morgan fingerprint density at radius 3 is 2.59 bits per heavy atom. The monoisotopic (exact) mass is 331 g/mol. The third kappa shape index (κ3) is 4.49. The number of hydrogen-bond acceptors (Lipinski definition) is 3. The Bertz CT molecular complexity index is 641. The molecule has 0 aromatic heterocycles. The Morgan fingerprint density at radius 1 is 1.23 bits per heavy atom. The molecule has 0 aliphatic carbocycles. The van der Waals surface area contributed by atoms with Gasteiger partial charge in [0, 0.05) is 12.1 Å². The molecule has 0 bridgehead atoms. The number of benzene rings is 2. The van der Waals surface area contributed by atoms with Crippen LogP contribution in [0.25, 0.3) is 0 Å². The van der Waals surface area contributed by atoms with Gasteiger partial charge in [0.2, 0.25) is 0 Å². The summed E-state index contributed by atoms with van der Waals surface area (Å²) in [7, 11) is 0. The zero-order valence-corrected chi connectivity index (χ0v) is 14.6. The van der Waals surface area contributed by atoms with Gasteiger partial charge in [-0.05, 0) is 43.2 Å². The minimum absolute atomic E-state index is 0.591. The number of ether oxygens (including phenoxy) is 1. The number of rotatable bonds is 7. The molecule has 2 aromatic rings. The molecule has 2 nitrogen and oxygen atoms in total. The second-order valence-electron chi connectivity index (χ2n) is 5.17. The number of thiol groups is 1. The fraction of sp³-hybridized carbons (Fsp3) is 0.278. The molecule has 0 saturated carbocycles. The summed E-state index contributed by atoms with van der Waals surface area (Å²) >= 11 is 9.47. The highest BCUT2D eigenvalue weighted by molar-refractivity contribution is 8.11. The molecule has 1 N–H and O–H groups in total. The van der Waals surface area contributed by atoms with Crippen LogP contribution in [0.1, 0.15) is 30.9 Å². The summed E-state index contributed by atoms with van der Waals surface area (Å²) in [6.07, 6.45) is 2.25. The molecular formula is C18H21NOS2. The van der Waals surface area contributed by atoms with Crippen molar-refractivity contribution in [2.75, 3.05) is 11.9 Å². The smallest absolute Gasteiger partial charge is 0.153 e. The van der Waals surface area contributed by atoms with Crippen LogP contribution >= 0.6 is 24.8 Å². The Kier molecular flexibility index (Phi) is 6.28. The lowest BCUT2D eigenvalue weighted by atomic mass is 10.1. The molecule has 22 heavy (non-hydrogen) atoms. The summed E-state index contributed by atoms with van der Waals surface area (Å²) < 4.78 is 6.67. The van der Waals surface area contributed by atoms with Gasteiger partial charge in [-0.2, -0.15) is 0 Å². The van der Waals surface area contributed by atoms with E-state index in [4.69, 9.17) is 17.0 Å². The van der Waals surface area contributed by atoms with Crippen LogP contribution in [0, 0.1) is 6.92 Å². The summed E-state index contributed by atoms with van der Waals surface area (Å²) in [5.74, 6) is 1.67. The van der Waals surface area contributed by atoms with Crippen molar-refractivity contribution in [1.82, 2.24) is 0 Å². The summed E-state index contributed by atoms with van der Waals surface area (Å²) in [4.78, 5) is 0. The SMILES string of the molecule is CCCCNc1cc(C(=S)S)cc(C)c1Oc1ccccc1. The van der Waals surface area contributed by atoms with Gasteiger partial charge in [0.1, 0.15) is 5.75 Å². The number of hydrogen-bond donors (Lipinski definition) is 2. The van der Waals surface area contributed by atoms with Crippen LogP contribution < -0.4 is 10.1 Å². The van der Waals surface area contributed by atoms with E-state index < -0.39 is 0 Å². The van der Waals surface area contributed by atoms with Gasteiger partial charge in [-0.1, -0.05) is 43.8 Å². The lowest BCUT2D eigenvalue weighted by molar-refractivity contribution is 0.480. The number of aryl methyl sites for hydroxylation is 1. The highest BCUT2D eigenvalue weighted by Gasteiger charge is 2.12. The van der Waals surface area contributed by atoms with Crippen molar-refractivity contribution >= 4 is 34.7 Å². The first kappa shape index (κ1) is 16.8. The van der Waals surface area contributed by atoms with Gasteiger partial charge in [-0.15, -0.1) is 12.6 Å². The Hall–Kier alpha value is -1.52. The molecule has 0 radical (unpaired) electrons. The molecule has 2 aromatic carbocycles. The van der Waals surface area contributed by atoms with E-state index in [1.54, 1.807) is 0 Å². The van der Waals surface area contributed by atoms with Gasteiger partial charge in [0.05, 0.1) is 9.88 Å². The van der Waals surface area contributed by atoms with Gasteiger partial charge in [0.15, 0.2) is 5.75 Å². The summed E-state index contributed by atoms with van der Waals surface area (Å²) in [6, 6.07) is 13.8. The molecule has 0 heterocycles. The largest absolute Gasteiger partial charge is 0.455 e. The number of nitrogens with one attached hydrogen (secondary N) is 1. The lowest BCUT2D eigenvalue weighted by Gasteiger charge is -2.17. The minimum atomic E-state index is 0.591. The van der Waals surface area contributed by atoms with E-state index in [-0.39, 0.29) is 0 Å². The van der Waals surface area contributed by atoms with Crippen molar-refractivity contribution in [3.8, 4) is 11.5 Å². The number of anilines is 1. The first-order valence-corrected chi connectivity index (χ1v) is 8.32. The van der Waals surface area contributed by atoms with Crippen molar-refractivity contribution in [2.45, 2.75) is 26.7 Å². The van der Waals surface area contributed by atoms with Crippen LogP contribution in [0.15, 0.2) is 42.5 Å². The molecule has 4 heteroatoms. The van der Waals surface area contributed by atoms with Gasteiger partial charge in [-0.25, -0.2) is 0 Å². The van der Waals surface area contributed by atoms with E-state index in [1.165, 1.54) is 0 Å². The van der Waals surface area contributed by atoms with Crippen LogP contribution in [-0.2, 0) is 0 Å².